The largest absolute Gasteiger partial charge is 0.389 e. The molecule has 0 aromatic heterocycles. The number of thioether (sulfide) groups is 1. The zero-order valence-corrected chi connectivity index (χ0v) is 11.2. The molecular weight excluding hydrogens is 218 g/mol. The molecule has 1 aliphatic carbocycles. The van der Waals surface area contributed by atoms with Gasteiger partial charge >= 0.3 is 0 Å². The SMILES string of the molecule is CC1CCCC(O)(CNC2CCSCC2)C1. The maximum atomic E-state index is 10.5. The van der Waals surface area contributed by atoms with Gasteiger partial charge in [-0.15, -0.1) is 0 Å². The van der Waals surface area contributed by atoms with E-state index < -0.39 is 5.60 Å². The summed E-state index contributed by atoms with van der Waals surface area (Å²) in [5, 5.41) is 14.1. The van der Waals surface area contributed by atoms with E-state index in [9.17, 15) is 5.11 Å². The van der Waals surface area contributed by atoms with Crippen LogP contribution in [0, 0.1) is 5.92 Å². The molecule has 0 radical (unpaired) electrons. The van der Waals surface area contributed by atoms with E-state index in [1.54, 1.807) is 0 Å². The maximum absolute atomic E-state index is 10.5. The van der Waals surface area contributed by atoms with Crippen molar-refractivity contribution >= 4 is 11.8 Å². The normalized spacial score (nSPS) is 37.5. The van der Waals surface area contributed by atoms with E-state index in [2.05, 4.69) is 24.0 Å². The summed E-state index contributed by atoms with van der Waals surface area (Å²) in [7, 11) is 0. The van der Waals surface area contributed by atoms with Crippen molar-refractivity contribution in [1.82, 2.24) is 5.32 Å². The summed E-state index contributed by atoms with van der Waals surface area (Å²) >= 11 is 2.06. The minimum atomic E-state index is -0.414. The fraction of sp³-hybridized carbons (Fsp3) is 1.00. The third kappa shape index (κ3) is 3.64. The molecule has 0 aromatic rings. The van der Waals surface area contributed by atoms with Crippen LogP contribution in [-0.4, -0.2) is 34.8 Å². The van der Waals surface area contributed by atoms with Crippen molar-refractivity contribution in [2.45, 2.75) is 57.1 Å². The van der Waals surface area contributed by atoms with Crippen molar-refractivity contribution in [3.8, 4) is 0 Å². The van der Waals surface area contributed by atoms with Crippen LogP contribution in [0.25, 0.3) is 0 Å². The van der Waals surface area contributed by atoms with Gasteiger partial charge in [-0.1, -0.05) is 19.8 Å². The van der Waals surface area contributed by atoms with E-state index in [1.807, 2.05) is 0 Å². The van der Waals surface area contributed by atoms with E-state index in [4.69, 9.17) is 0 Å². The van der Waals surface area contributed by atoms with E-state index >= 15 is 0 Å². The predicted molar refractivity (Wildman–Crippen MR) is 70.9 cm³/mol. The number of hydrogen-bond donors (Lipinski definition) is 2. The molecule has 2 N–H and O–H groups in total. The van der Waals surface area contributed by atoms with Crippen LogP contribution >= 0.6 is 11.8 Å². The number of nitrogens with one attached hydrogen (secondary N) is 1. The van der Waals surface area contributed by atoms with Gasteiger partial charge in [-0.05, 0) is 43.1 Å². The Kier molecular flexibility index (Phi) is 4.57. The van der Waals surface area contributed by atoms with Crippen LogP contribution in [-0.2, 0) is 0 Å². The van der Waals surface area contributed by atoms with Crippen molar-refractivity contribution in [2.24, 2.45) is 5.92 Å². The summed E-state index contributed by atoms with van der Waals surface area (Å²) in [5.74, 6) is 3.27. The van der Waals surface area contributed by atoms with Gasteiger partial charge in [-0.3, -0.25) is 0 Å². The van der Waals surface area contributed by atoms with Crippen molar-refractivity contribution in [3.63, 3.8) is 0 Å². The molecule has 2 aliphatic rings. The smallest absolute Gasteiger partial charge is 0.0774 e. The molecule has 0 bridgehead atoms. The van der Waals surface area contributed by atoms with Crippen molar-refractivity contribution in [3.05, 3.63) is 0 Å². The first-order valence-electron chi connectivity index (χ1n) is 6.71. The summed E-state index contributed by atoms with van der Waals surface area (Å²) in [6.07, 6.45) is 7.02. The van der Waals surface area contributed by atoms with Gasteiger partial charge in [0.15, 0.2) is 0 Å². The lowest BCUT2D eigenvalue weighted by Crippen LogP contribution is -2.47. The Balaban J connectivity index is 1.74. The van der Waals surface area contributed by atoms with E-state index in [-0.39, 0.29) is 0 Å². The van der Waals surface area contributed by atoms with Crippen molar-refractivity contribution in [2.75, 3.05) is 18.1 Å². The standard InChI is InChI=1S/C13H25NOS/c1-11-3-2-6-13(15,9-11)10-14-12-4-7-16-8-5-12/h11-12,14-15H,2-10H2,1H3. The second-order valence-corrected chi connectivity index (χ2v) is 6.92. The van der Waals surface area contributed by atoms with Gasteiger partial charge in [0.25, 0.3) is 0 Å². The first kappa shape index (κ1) is 12.7. The average Bonchev–Trinajstić information content (AvgIpc) is 2.28. The van der Waals surface area contributed by atoms with Gasteiger partial charge in [0.05, 0.1) is 5.60 Å². The topological polar surface area (TPSA) is 32.3 Å². The molecule has 1 saturated heterocycles. The van der Waals surface area contributed by atoms with Gasteiger partial charge in [0.1, 0.15) is 0 Å². The highest BCUT2D eigenvalue weighted by molar-refractivity contribution is 7.99. The van der Waals surface area contributed by atoms with E-state index in [1.165, 1.54) is 37.2 Å². The lowest BCUT2D eigenvalue weighted by Gasteiger charge is -2.37. The minimum absolute atomic E-state index is 0.414. The highest BCUT2D eigenvalue weighted by Crippen LogP contribution is 2.32. The Morgan fingerprint density at radius 1 is 1.31 bits per heavy atom. The second-order valence-electron chi connectivity index (χ2n) is 5.69. The second kappa shape index (κ2) is 5.74. The molecule has 1 aliphatic heterocycles. The zero-order valence-electron chi connectivity index (χ0n) is 10.4. The van der Waals surface area contributed by atoms with Crippen molar-refractivity contribution < 1.29 is 5.11 Å². The molecule has 94 valence electrons. The van der Waals surface area contributed by atoms with Crippen LogP contribution in [0.1, 0.15) is 45.4 Å². The molecule has 3 heteroatoms. The molecule has 1 heterocycles. The number of rotatable bonds is 3. The van der Waals surface area contributed by atoms with Crippen molar-refractivity contribution in [1.29, 1.82) is 0 Å². The lowest BCUT2D eigenvalue weighted by atomic mass is 9.79. The highest BCUT2D eigenvalue weighted by Gasteiger charge is 2.32. The first-order chi connectivity index (χ1) is 7.68. The van der Waals surface area contributed by atoms with Gasteiger partial charge < -0.3 is 10.4 Å². The van der Waals surface area contributed by atoms with E-state index in [0.29, 0.717) is 12.0 Å². The Labute approximate surface area is 104 Å². The van der Waals surface area contributed by atoms with Crippen LogP contribution in [0.2, 0.25) is 0 Å². The van der Waals surface area contributed by atoms with Crippen LogP contribution in [0.4, 0.5) is 0 Å². The predicted octanol–water partition coefficient (Wildman–Crippen LogP) is 2.41. The maximum Gasteiger partial charge on any atom is 0.0774 e. The van der Waals surface area contributed by atoms with Gasteiger partial charge in [0, 0.05) is 12.6 Å². The highest BCUT2D eigenvalue weighted by atomic mass is 32.2. The summed E-state index contributed by atoms with van der Waals surface area (Å²) in [5.41, 5.74) is -0.414. The number of hydrogen-bond acceptors (Lipinski definition) is 3. The lowest BCUT2D eigenvalue weighted by molar-refractivity contribution is -0.0139. The Bertz CT molecular complexity index is 218. The quantitative estimate of drug-likeness (QED) is 0.798. The fourth-order valence-corrected chi connectivity index (χ4v) is 4.14. The molecule has 2 unspecified atom stereocenters. The summed E-state index contributed by atoms with van der Waals surface area (Å²) < 4.78 is 0. The molecule has 2 fully saturated rings. The average molecular weight is 243 g/mol. The summed E-state index contributed by atoms with van der Waals surface area (Å²) in [6.45, 7) is 3.08. The zero-order chi connectivity index (χ0) is 11.4. The Morgan fingerprint density at radius 3 is 2.75 bits per heavy atom. The molecular formula is C13H25NOS. The van der Waals surface area contributed by atoms with Crippen LogP contribution in [0.3, 0.4) is 0 Å². The summed E-state index contributed by atoms with van der Waals surface area (Å²) in [6, 6.07) is 0.655. The molecule has 16 heavy (non-hydrogen) atoms. The molecule has 2 atom stereocenters. The van der Waals surface area contributed by atoms with Gasteiger partial charge in [-0.25, -0.2) is 0 Å². The van der Waals surface area contributed by atoms with E-state index in [0.717, 1.165) is 19.4 Å². The third-order valence-corrected chi connectivity index (χ3v) is 5.06. The Hall–Kier alpha value is 0.270. The molecule has 2 rings (SSSR count). The third-order valence-electron chi connectivity index (χ3n) is 4.01. The molecule has 0 aromatic carbocycles. The molecule has 2 nitrogen and oxygen atoms in total. The Morgan fingerprint density at radius 2 is 2.06 bits per heavy atom. The molecule has 1 saturated carbocycles. The number of aliphatic hydroxyl groups is 1. The van der Waals surface area contributed by atoms with Crippen LogP contribution in [0.5, 0.6) is 0 Å². The summed E-state index contributed by atoms with van der Waals surface area (Å²) in [4.78, 5) is 0. The van der Waals surface area contributed by atoms with Gasteiger partial charge in [0.2, 0.25) is 0 Å². The monoisotopic (exact) mass is 243 g/mol. The molecule has 0 amide bonds. The molecule has 0 spiro atoms. The van der Waals surface area contributed by atoms with Crippen LogP contribution < -0.4 is 5.32 Å². The first-order valence-corrected chi connectivity index (χ1v) is 7.87. The van der Waals surface area contributed by atoms with Gasteiger partial charge in [-0.2, -0.15) is 11.8 Å². The fourth-order valence-electron chi connectivity index (χ4n) is 3.03. The van der Waals surface area contributed by atoms with Crippen LogP contribution in [0.15, 0.2) is 0 Å². The minimum Gasteiger partial charge on any atom is -0.389 e.